The summed E-state index contributed by atoms with van der Waals surface area (Å²) >= 11 is 0. The number of hydrogen-bond donors (Lipinski definition) is 1. The lowest BCUT2D eigenvalue weighted by Gasteiger charge is -2.06. The van der Waals surface area contributed by atoms with E-state index in [2.05, 4.69) is 10.1 Å². The maximum absolute atomic E-state index is 5.75. The fraction of sp³-hybridized carbons (Fsp3) is 0.143. The van der Waals surface area contributed by atoms with Crippen molar-refractivity contribution in [2.24, 2.45) is 0 Å². The van der Waals surface area contributed by atoms with Crippen LogP contribution >= 0.6 is 0 Å². The highest BCUT2D eigenvalue weighted by Gasteiger charge is 2.06. The number of benzene rings is 1. The zero-order valence-electron chi connectivity index (χ0n) is 10.6. The molecule has 0 fully saturated rings. The highest BCUT2D eigenvalue weighted by molar-refractivity contribution is 5.56. The molecule has 2 aromatic heterocycles. The molecule has 0 saturated carbocycles. The summed E-state index contributed by atoms with van der Waals surface area (Å²) in [6.07, 6.45) is 3.48. The number of hydrogen-bond acceptors (Lipinski definition) is 4. The maximum Gasteiger partial charge on any atom is 0.240 e. The fourth-order valence-electron chi connectivity index (χ4n) is 1.90. The summed E-state index contributed by atoms with van der Waals surface area (Å²) in [6, 6.07) is 9.55. The first kappa shape index (κ1) is 11.5. The van der Waals surface area contributed by atoms with E-state index >= 15 is 0 Å². The molecule has 1 aromatic carbocycles. The molecule has 0 radical (unpaired) electrons. The minimum absolute atomic E-state index is 0.456. The van der Waals surface area contributed by atoms with Gasteiger partial charge in [-0.3, -0.25) is 0 Å². The van der Waals surface area contributed by atoms with Crippen LogP contribution in [0.5, 0.6) is 5.88 Å². The van der Waals surface area contributed by atoms with Gasteiger partial charge in [0.15, 0.2) is 0 Å². The van der Waals surface area contributed by atoms with Gasteiger partial charge in [0.05, 0.1) is 5.69 Å². The smallest absolute Gasteiger partial charge is 0.240 e. The molecule has 0 spiro atoms. The molecule has 3 rings (SSSR count). The number of aryl methyl sites for hydroxylation is 1. The van der Waals surface area contributed by atoms with Gasteiger partial charge in [-0.25, -0.2) is 9.50 Å². The number of nitrogen functional groups attached to an aromatic ring is 1. The van der Waals surface area contributed by atoms with E-state index < -0.39 is 0 Å². The Balaban J connectivity index is 1.83. The molecule has 19 heavy (non-hydrogen) atoms. The van der Waals surface area contributed by atoms with Gasteiger partial charge in [-0.2, -0.15) is 5.10 Å². The molecule has 0 bridgehead atoms. The quantitative estimate of drug-likeness (QED) is 0.728. The Kier molecular flexibility index (Phi) is 2.79. The molecule has 0 unspecified atom stereocenters. The van der Waals surface area contributed by atoms with Crippen LogP contribution in [0.3, 0.4) is 0 Å². The summed E-state index contributed by atoms with van der Waals surface area (Å²) in [6.45, 7) is 2.40. The Morgan fingerprint density at radius 1 is 1.26 bits per heavy atom. The minimum Gasteiger partial charge on any atom is -0.471 e. The Morgan fingerprint density at radius 3 is 2.84 bits per heavy atom. The van der Waals surface area contributed by atoms with E-state index in [1.165, 1.54) is 0 Å². The van der Waals surface area contributed by atoms with Crippen LogP contribution in [0.4, 0.5) is 5.69 Å². The van der Waals surface area contributed by atoms with Crippen molar-refractivity contribution in [3.63, 3.8) is 0 Å². The molecule has 2 heterocycles. The highest BCUT2D eigenvalue weighted by Crippen LogP contribution is 2.18. The van der Waals surface area contributed by atoms with Crippen LogP contribution in [-0.4, -0.2) is 14.6 Å². The standard InChI is InChI=1S/C14H14N4O/c1-10-8-13-14(16-6-7-18(13)17-10)19-9-11-2-4-12(15)5-3-11/h2-8H,9,15H2,1H3. The predicted molar refractivity (Wildman–Crippen MR) is 72.9 cm³/mol. The Hall–Kier alpha value is -2.56. The largest absolute Gasteiger partial charge is 0.471 e. The van der Waals surface area contributed by atoms with Crippen LogP contribution in [0.2, 0.25) is 0 Å². The maximum atomic E-state index is 5.75. The van der Waals surface area contributed by atoms with Crippen LogP contribution < -0.4 is 10.5 Å². The Morgan fingerprint density at radius 2 is 2.05 bits per heavy atom. The first-order chi connectivity index (χ1) is 9.22. The van der Waals surface area contributed by atoms with E-state index in [0.29, 0.717) is 12.5 Å². The zero-order chi connectivity index (χ0) is 13.2. The Bertz CT molecular complexity index is 703. The van der Waals surface area contributed by atoms with Gasteiger partial charge in [0.2, 0.25) is 5.88 Å². The second kappa shape index (κ2) is 4.61. The summed E-state index contributed by atoms with van der Waals surface area (Å²) in [4.78, 5) is 4.25. The third kappa shape index (κ3) is 2.35. The van der Waals surface area contributed by atoms with E-state index in [0.717, 1.165) is 22.5 Å². The van der Waals surface area contributed by atoms with Gasteiger partial charge in [-0.1, -0.05) is 12.1 Å². The van der Waals surface area contributed by atoms with Gasteiger partial charge in [-0.05, 0) is 30.7 Å². The van der Waals surface area contributed by atoms with E-state index in [1.807, 2.05) is 37.3 Å². The molecule has 0 saturated heterocycles. The number of rotatable bonds is 3. The van der Waals surface area contributed by atoms with Crippen LogP contribution in [-0.2, 0) is 6.61 Å². The zero-order valence-corrected chi connectivity index (χ0v) is 10.6. The second-order valence-electron chi connectivity index (χ2n) is 4.38. The van der Waals surface area contributed by atoms with Crippen LogP contribution in [0.1, 0.15) is 11.3 Å². The Labute approximate surface area is 110 Å². The second-order valence-corrected chi connectivity index (χ2v) is 4.38. The fourth-order valence-corrected chi connectivity index (χ4v) is 1.90. The van der Waals surface area contributed by atoms with Gasteiger partial charge < -0.3 is 10.5 Å². The predicted octanol–water partition coefficient (Wildman–Crippen LogP) is 2.20. The van der Waals surface area contributed by atoms with Crippen LogP contribution in [0.25, 0.3) is 5.52 Å². The number of anilines is 1. The molecule has 0 atom stereocenters. The van der Waals surface area contributed by atoms with Gasteiger partial charge >= 0.3 is 0 Å². The molecule has 3 aromatic rings. The third-order valence-corrected chi connectivity index (χ3v) is 2.83. The highest BCUT2D eigenvalue weighted by atomic mass is 16.5. The first-order valence-electron chi connectivity index (χ1n) is 6.00. The van der Waals surface area contributed by atoms with Gasteiger partial charge in [-0.15, -0.1) is 0 Å². The van der Waals surface area contributed by atoms with Gasteiger partial charge in [0.1, 0.15) is 12.1 Å². The molecular formula is C14H14N4O. The van der Waals surface area contributed by atoms with Crippen molar-refractivity contribution in [1.29, 1.82) is 0 Å². The SMILES string of the molecule is Cc1cc2c(OCc3ccc(N)cc3)nccn2n1. The summed E-state index contributed by atoms with van der Waals surface area (Å²) in [7, 11) is 0. The van der Waals surface area contributed by atoms with Crippen LogP contribution in [0.15, 0.2) is 42.7 Å². The van der Waals surface area contributed by atoms with Crippen molar-refractivity contribution in [2.45, 2.75) is 13.5 Å². The van der Waals surface area contributed by atoms with E-state index in [1.54, 1.807) is 16.9 Å². The molecule has 5 nitrogen and oxygen atoms in total. The molecule has 5 heteroatoms. The summed E-state index contributed by atoms with van der Waals surface area (Å²) < 4.78 is 7.51. The monoisotopic (exact) mass is 254 g/mol. The van der Waals surface area contributed by atoms with Crippen molar-refractivity contribution in [3.8, 4) is 5.88 Å². The van der Waals surface area contributed by atoms with Gasteiger partial charge in [0, 0.05) is 18.1 Å². The summed E-state index contributed by atoms with van der Waals surface area (Å²) in [5.74, 6) is 0.583. The number of ether oxygens (including phenoxy) is 1. The molecule has 96 valence electrons. The first-order valence-corrected chi connectivity index (χ1v) is 6.00. The summed E-state index contributed by atoms with van der Waals surface area (Å²) in [5, 5.41) is 4.32. The molecular weight excluding hydrogens is 240 g/mol. The minimum atomic E-state index is 0.456. The van der Waals surface area contributed by atoms with E-state index in [9.17, 15) is 0 Å². The molecule has 0 aliphatic rings. The molecule has 0 aliphatic carbocycles. The van der Waals surface area contributed by atoms with Crippen molar-refractivity contribution in [2.75, 3.05) is 5.73 Å². The average molecular weight is 254 g/mol. The number of nitrogens with zero attached hydrogens (tertiary/aromatic N) is 3. The molecule has 2 N–H and O–H groups in total. The van der Waals surface area contributed by atoms with Crippen molar-refractivity contribution >= 4 is 11.2 Å². The van der Waals surface area contributed by atoms with E-state index in [-0.39, 0.29) is 0 Å². The lowest BCUT2D eigenvalue weighted by Crippen LogP contribution is -2.00. The van der Waals surface area contributed by atoms with Gasteiger partial charge in [0.25, 0.3) is 0 Å². The average Bonchev–Trinajstić information content (AvgIpc) is 2.79. The lowest BCUT2D eigenvalue weighted by molar-refractivity contribution is 0.296. The lowest BCUT2D eigenvalue weighted by atomic mass is 10.2. The van der Waals surface area contributed by atoms with Crippen molar-refractivity contribution in [3.05, 3.63) is 54.0 Å². The molecule has 0 amide bonds. The number of aromatic nitrogens is 3. The summed E-state index contributed by atoms with van der Waals surface area (Å²) in [5.41, 5.74) is 9.25. The third-order valence-electron chi connectivity index (χ3n) is 2.83. The van der Waals surface area contributed by atoms with Crippen molar-refractivity contribution in [1.82, 2.24) is 14.6 Å². The topological polar surface area (TPSA) is 65.4 Å². The normalized spacial score (nSPS) is 10.8. The van der Waals surface area contributed by atoms with Crippen LogP contribution in [0, 0.1) is 6.92 Å². The molecule has 0 aliphatic heterocycles. The number of nitrogens with two attached hydrogens (primary N) is 1. The van der Waals surface area contributed by atoms with E-state index in [4.69, 9.17) is 10.5 Å². The number of fused-ring (bicyclic) bond motifs is 1. The van der Waals surface area contributed by atoms with Crippen molar-refractivity contribution < 1.29 is 4.74 Å².